The van der Waals surface area contributed by atoms with E-state index < -0.39 is 83.2 Å². The van der Waals surface area contributed by atoms with Crippen LogP contribution in [0.15, 0.2) is 0 Å². The molecule has 14 nitrogen and oxygen atoms in total. The van der Waals surface area contributed by atoms with Crippen molar-refractivity contribution in [1.29, 1.82) is 0 Å². The lowest BCUT2D eigenvalue weighted by Crippen LogP contribution is -2.35. The Morgan fingerprint density at radius 3 is 0.707 bits per heavy atom. The van der Waals surface area contributed by atoms with Gasteiger partial charge in [-0.15, -0.1) is 0 Å². The first-order valence-corrected chi connectivity index (χ1v) is 21.9. The van der Waals surface area contributed by atoms with Gasteiger partial charge < -0.3 is 33.2 Å². The van der Waals surface area contributed by atoms with Gasteiger partial charge in [-0.2, -0.15) is 0 Å². The standard InChI is InChI=1S/C44H76O14/c1-10-18-52-38(45)31(9)25-33(40(47)54-20-12-3)27-35(42(49)56-22-14-5)29-37(44(51)58-24-16-7)30-36(43(50)57-23-15-6)28-34(41(48)55-21-13-4)26-32(17-8)39(46)53-19-11-2/h31-37H,10-30H2,1-9H3. The van der Waals surface area contributed by atoms with Crippen molar-refractivity contribution in [3.05, 3.63) is 0 Å². The minimum atomic E-state index is -1.08. The van der Waals surface area contributed by atoms with Gasteiger partial charge in [-0.05, 0) is 89.9 Å². The second-order valence-corrected chi connectivity index (χ2v) is 15.1. The lowest BCUT2D eigenvalue weighted by atomic mass is 9.78. The van der Waals surface area contributed by atoms with Crippen LogP contribution in [-0.2, 0) is 66.7 Å². The highest BCUT2D eigenvalue weighted by Gasteiger charge is 2.40. The molecule has 7 atom stereocenters. The summed E-state index contributed by atoms with van der Waals surface area (Å²) in [5, 5.41) is 0. The van der Waals surface area contributed by atoms with E-state index >= 15 is 0 Å². The van der Waals surface area contributed by atoms with Crippen molar-refractivity contribution in [2.75, 3.05) is 46.2 Å². The zero-order chi connectivity index (χ0) is 43.9. The summed E-state index contributed by atoms with van der Waals surface area (Å²) >= 11 is 0. The number of hydrogen-bond acceptors (Lipinski definition) is 14. The highest BCUT2D eigenvalue weighted by molar-refractivity contribution is 5.81. The lowest BCUT2D eigenvalue weighted by molar-refractivity contribution is -0.157. The summed E-state index contributed by atoms with van der Waals surface area (Å²) in [4.78, 5) is 94.5. The number of esters is 7. The summed E-state index contributed by atoms with van der Waals surface area (Å²) in [5.74, 6) is -10.4. The summed E-state index contributed by atoms with van der Waals surface area (Å²) in [6.07, 6.45) is 3.85. The van der Waals surface area contributed by atoms with Gasteiger partial charge in [0.15, 0.2) is 0 Å². The Bertz CT molecular complexity index is 1200. The molecule has 0 N–H and O–H groups in total. The normalized spacial score (nSPS) is 14.7. The van der Waals surface area contributed by atoms with E-state index in [1.54, 1.807) is 6.92 Å². The second-order valence-electron chi connectivity index (χ2n) is 15.1. The highest BCUT2D eigenvalue weighted by atomic mass is 16.6. The molecule has 0 spiro atoms. The molecule has 14 heteroatoms. The third-order valence-corrected chi connectivity index (χ3v) is 9.52. The molecular formula is C44H76O14. The first-order chi connectivity index (χ1) is 27.8. The molecule has 58 heavy (non-hydrogen) atoms. The number of carbonyl (C=O) groups is 7. The van der Waals surface area contributed by atoms with Gasteiger partial charge in [-0.25, -0.2) is 0 Å². The van der Waals surface area contributed by atoms with E-state index in [1.165, 1.54) is 0 Å². The Morgan fingerprint density at radius 2 is 0.483 bits per heavy atom. The largest absolute Gasteiger partial charge is 0.465 e. The topological polar surface area (TPSA) is 184 Å². The molecule has 0 amide bonds. The zero-order valence-electron chi connectivity index (χ0n) is 37.1. The smallest absolute Gasteiger partial charge is 0.308 e. The van der Waals surface area contributed by atoms with E-state index in [4.69, 9.17) is 33.2 Å². The Balaban J connectivity index is 7.13. The van der Waals surface area contributed by atoms with Gasteiger partial charge in [-0.1, -0.05) is 62.3 Å². The quantitative estimate of drug-likeness (QED) is 0.0453. The van der Waals surface area contributed by atoms with Crippen LogP contribution in [0.3, 0.4) is 0 Å². The van der Waals surface area contributed by atoms with Gasteiger partial charge in [0.25, 0.3) is 0 Å². The number of rotatable bonds is 34. The molecule has 0 fully saturated rings. The zero-order valence-corrected chi connectivity index (χ0v) is 37.1. The molecule has 0 aliphatic carbocycles. The van der Waals surface area contributed by atoms with Crippen molar-refractivity contribution in [2.45, 2.75) is 152 Å². The second kappa shape index (κ2) is 33.2. The number of hydrogen-bond donors (Lipinski definition) is 0. The molecule has 7 unspecified atom stereocenters. The fourth-order valence-electron chi connectivity index (χ4n) is 6.38. The van der Waals surface area contributed by atoms with Crippen LogP contribution in [0.4, 0.5) is 0 Å². The summed E-state index contributed by atoms with van der Waals surface area (Å²) in [7, 11) is 0. The maximum absolute atomic E-state index is 13.9. The SMILES string of the molecule is CCCOC(=O)C(C)CC(CC(CC(CC(CC(CC(CC)C(=O)OCCC)C(=O)OCCC)C(=O)OCCC)C(=O)OCCC)C(=O)OCCC)C(=O)OCCC. The summed E-state index contributed by atoms with van der Waals surface area (Å²) < 4.78 is 38.6. The monoisotopic (exact) mass is 829 g/mol. The molecular weight excluding hydrogens is 752 g/mol. The van der Waals surface area contributed by atoms with Gasteiger partial charge in [0.1, 0.15) is 0 Å². The molecule has 0 saturated heterocycles. The maximum atomic E-state index is 13.9. The van der Waals surface area contributed by atoms with Crippen molar-refractivity contribution in [2.24, 2.45) is 41.4 Å². The average molecular weight is 829 g/mol. The first kappa shape index (κ1) is 54.3. The Morgan fingerprint density at radius 1 is 0.293 bits per heavy atom. The van der Waals surface area contributed by atoms with Crippen LogP contribution in [-0.4, -0.2) is 88.0 Å². The van der Waals surface area contributed by atoms with E-state index in [9.17, 15) is 33.6 Å². The molecule has 0 saturated carbocycles. The van der Waals surface area contributed by atoms with Gasteiger partial charge in [-0.3, -0.25) is 33.6 Å². The lowest BCUT2D eigenvalue weighted by Gasteiger charge is -2.29. The van der Waals surface area contributed by atoms with Crippen molar-refractivity contribution in [3.8, 4) is 0 Å². The van der Waals surface area contributed by atoms with Crippen LogP contribution in [0.1, 0.15) is 152 Å². The number of ether oxygens (including phenoxy) is 7. The van der Waals surface area contributed by atoms with Gasteiger partial charge in [0.05, 0.1) is 87.7 Å². The van der Waals surface area contributed by atoms with Crippen LogP contribution < -0.4 is 0 Å². The predicted octanol–water partition coefficient (Wildman–Crippen LogP) is 7.74. The van der Waals surface area contributed by atoms with Crippen LogP contribution in [0, 0.1) is 41.4 Å². The Kier molecular flexibility index (Phi) is 31.0. The minimum absolute atomic E-state index is 0.0282. The molecule has 0 heterocycles. The van der Waals surface area contributed by atoms with Gasteiger partial charge >= 0.3 is 41.8 Å². The molecule has 0 aromatic carbocycles. The summed E-state index contributed by atoms with van der Waals surface area (Å²) in [5.41, 5.74) is 0. The van der Waals surface area contributed by atoms with E-state index in [0.717, 1.165) is 0 Å². The van der Waals surface area contributed by atoms with E-state index in [-0.39, 0.29) is 84.8 Å². The van der Waals surface area contributed by atoms with E-state index in [2.05, 4.69) is 0 Å². The maximum Gasteiger partial charge on any atom is 0.308 e. The van der Waals surface area contributed by atoms with Crippen LogP contribution in [0.5, 0.6) is 0 Å². The van der Waals surface area contributed by atoms with Crippen molar-refractivity contribution in [3.63, 3.8) is 0 Å². The molecule has 0 radical (unpaired) electrons. The average Bonchev–Trinajstić information content (AvgIpc) is 3.22. The minimum Gasteiger partial charge on any atom is -0.465 e. The molecule has 0 rings (SSSR count). The summed E-state index contributed by atoms with van der Waals surface area (Å²) in [6, 6.07) is 0. The van der Waals surface area contributed by atoms with Crippen molar-refractivity contribution >= 4 is 41.8 Å². The molecule has 0 aliphatic rings. The molecule has 0 aromatic heterocycles. The van der Waals surface area contributed by atoms with E-state index in [0.29, 0.717) is 51.4 Å². The van der Waals surface area contributed by atoms with Crippen LogP contribution >= 0.6 is 0 Å². The van der Waals surface area contributed by atoms with Gasteiger partial charge in [0, 0.05) is 0 Å². The fraction of sp³-hybridized carbons (Fsp3) is 0.841. The van der Waals surface area contributed by atoms with Crippen molar-refractivity contribution < 1.29 is 66.7 Å². The first-order valence-electron chi connectivity index (χ1n) is 21.9. The van der Waals surface area contributed by atoms with Crippen LogP contribution in [0.25, 0.3) is 0 Å². The van der Waals surface area contributed by atoms with E-state index in [1.807, 2.05) is 55.4 Å². The molecule has 0 aromatic rings. The number of carbonyl (C=O) groups excluding carboxylic acids is 7. The highest BCUT2D eigenvalue weighted by Crippen LogP contribution is 2.34. The Hall–Kier alpha value is -3.71. The molecule has 336 valence electrons. The third-order valence-electron chi connectivity index (χ3n) is 9.52. The van der Waals surface area contributed by atoms with Crippen molar-refractivity contribution in [1.82, 2.24) is 0 Å². The predicted molar refractivity (Wildman–Crippen MR) is 217 cm³/mol. The van der Waals surface area contributed by atoms with Crippen LogP contribution in [0.2, 0.25) is 0 Å². The van der Waals surface area contributed by atoms with Gasteiger partial charge in [0.2, 0.25) is 0 Å². The fourth-order valence-corrected chi connectivity index (χ4v) is 6.38. The third kappa shape index (κ3) is 22.4. The summed E-state index contributed by atoms with van der Waals surface area (Å²) in [6.45, 7) is 17.4. The molecule has 0 bridgehead atoms. The molecule has 0 aliphatic heterocycles. The Labute approximate surface area is 347 Å².